The number of aromatic nitrogens is 2. The number of benzene rings is 1. The van der Waals surface area contributed by atoms with E-state index in [0.717, 1.165) is 53.9 Å². The second-order valence-corrected chi connectivity index (χ2v) is 8.08. The maximum absolute atomic E-state index is 13.8. The van der Waals surface area contributed by atoms with Gasteiger partial charge in [0.25, 0.3) is 0 Å². The molecule has 0 saturated carbocycles. The summed E-state index contributed by atoms with van der Waals surface area (Å²) in [5, 5.41) is 9.40. The van der Waals surface area contributed by atoms with Crippen LogP contribution in [0, 0.1) is 17.7 Å². The first-order valence-corrected chi connectivity index (χ1v) is 10.8. The van der Waals surface area contributed by atoms with Gasteiger partial charge in [-0.3, -0.25) is 10.4 Å². The molecule has 1 aliphatic carbocycles. The maximum Gasteiger partial charge on any atom is 0.141 e. The predicted molar refractivity (Wildman–Crippen MR) is 124 cm³/mol. The Morgan fingerprint density at radius 1 is 1.09 bits per heavy atom. The summed E-state index contributed by atoms with van der Waals surface area (Å²) in [5.74, 6) is 1.49. The van der Waals surface area contributed by atoms with E-state index in [1.165, 1.54) is 18.6 Å². The molecule has 32 heavy (non-hydrogen) atoms. The highest BCUT2D eigenvalue weighted by molar-refractivity contribution is 5.84. The molecular formula is C26H28FIN4. The number of rotatable bonds is 8. The van der Waals surface area contributed by atoms with E-state index in [4.69, 9.17) is 5.41 Å². The summed E-state index contributed by atoms with van der Waals surface area (Å²) in [6.45, 7) is 0.735. The fourth-order valence-corrected chi connectivity index (χ4v) is 4.17. The van der Waals surface area contributed by atoms with Gasteiger partial charge in [-0.25, -0.2) is 9.37 Å². The maximum atomic E-state index is 13.8. The van der Waals surface area contributed by atoms with Gasteiger partial charge in [-0.05, 0) is 78.6 Å². The van der Waals surface area contributed by atoms with Crippen molar-refractivity contribution in [2.24, 2.45) is 11.8 Å². The summed E-state index contributed by atoms with van der Waals surface area (Å²) in [6.07, 6.45) is 16.3. The number of allylic oxidation sites excluding steroid dienone is 2. The van der Waals surface area contributed by atoms with Gasteiger partial charge >= 0.3 is 0 Å². The number of nitrogens with zero attached hydrogens (tertiary/aromatic N) is 2. The monoisotopic (exact) mass is 542 g/mol. The number of pyridine rings is 2. The van der Waals surface area contributed by atoms with Crippen molar-refractivity contribution in [3.8, 4) is 22.3 Å². The third-order valence-electron chi connectivity index (χ3n) is 5.86. The first-order chi connectivity index (χ1) is 15.2. The van der Waals surface area contributed by atoms with Crippen molar-refractivity contribution >= 4 is 12.0 Å². The Hall–Kier alpha value is -2.61. The molecular weight excluding hydrogens is 514 g/mol. The third kappa shape index (κ3) is 6.22. The van der Waals surface area contributed by atoms with Crippen LogP contribution in [-0.4, -0.2) is 22.7 Å². The van der Waals surface area contributed by atoms with Crippen molar-refractivity contribution in [1.29, 1.82) is 0 Å². The van der Waals surface area contributed by atoms with E-state index in [9.17, 15) is 4.39 Å². The van der Waals surface area contributed by atoms with E-state index >= 15 is 0 Å². The van der Waals surface area contributed by atoms with E-state index in [0.29, 0.717) is 5.92 Å². The van der Waals surface area contributed by atoms with Crippen molar-refractivity contribution in [1.82, 2.24) is 9.97 Å². The lowest BCUT2D eigenvalue weighted by molar-refractivity contribution is -0.111. The smallest absolute Gasteiger partial charge is 0.141 e. The molecule has 6 heteroatoms. The molecule has 0 radical (unpaired) electrons. The van der Waals surface area contributed by atoms with Crippen LogP contribution in [0.15, 0.2) is 73.2 Å². The van der Waals surface area contributed by atoms with E-state index in [2.05, 4.69) is 27.4 Å². The molecule has 2 heterocycles. The molecule has 1 aliphatic rings. The van der Waals surface area contributed by atoms with E-state index in [1.807, 2.05) is 24.3 Å². The van der Waals surface area contributed by atoms with Crippen LogP contribution in [0.3, 0.4) is 0 Å². The molecule has 0 aliphatic heterocycles. The molecule has 0 fully saturated rings. The molecule has 3 aromatic rings. The predicted octanol–water partition coefficient (Wildman–Crippen LogP) is 1.56. The van der Waals surface area contributed by atoms with Gasteiger partial charge < -0.3 is 29.3 Å². The van der Waals surface area contributed by atoms with Gasteiger partial charge in [0.15, 0.2) is 0 Å². The third-order valence-corrected chi connectivity index (χ3v) is 5.86. The van der Waals surface area contributed by atoms with Gasteiger partial charge in [0.05, 0.1) is 5.92 Å². The zero-order valence-corrected chi connectivity index (χ0v) is 20.1. The summed E-state index contributed by atoms with van der Waals surface area (Å²) >= 11 is 0. The minimum Gasteiger partial charge on any atom is -1.00 e. The lowest BCUT2D eigenvalue weighted by Gasteiger charge is -2.21. The van der Waals surface area contributed by atoms with Crippen molar-refractivity contribution in [3.05, 3.63) is 79.0 Å². The first-order valence-electron chi connectivity index (χ1n) is 10.8. The quantitative estimate of drug-likeness (QED) is 0.258. The molecule has 1 aromatic carbocycles. The van der Waals surface area contributed by atoms with Crippen LogP contribution in [0.2, 0.25) is 0 Å². The zero-order chi connectivity index (χ0) is 21.5. The number of nitrogens with one attached hydrogen (secondary N) is 1. The number of anilines is 1. The molecule has 2 aromatic heterocycles. The number of hydrogen-bond donors (Lipinski definition) is 2. The fourth-order valence-electron chi connectivity index (χ4n) is 4.17. The van der Waals surface area contributed by atoms with Crippen LogP contribution in [0.1, 0.15) is 25.7 Å². The van der Waals surface area contributed by atoms with Gasteiger partial charge in [0.2, 0.25) is 0 Å². The molecule has 0 spiro atoms. The van der Waals surface area contributed by atoms with E-state index < -0.39 is 0 Å². The molecule has 4 rings (SSSR count). The van der Waals surface area contributed by atoms with Gasteiger partial charge in [0, 0.05) is 30.7 Å². The topological polar surface area (TPSA) is 63.4 Å². The van der Waals surface area contributed by atoms with Crippen LogP contribution < -0.4 is 34.7 Å². The van der Waals surface area contributed by atoms with Crippen molar-refractivity contribution in [2.45, 2.75) is 25.7 Å². The Bertz CT molecular complexity index is 1050. The summed E-state index contributed by atoms with van der Waals surface area (Å²) in [5.41, 5.74) is 3.67. The number of nitrogens with two attached hydrogens (primary N) is 1. The Morgan fingerprint density at radius 3 is 2.66 bits per heavy atom. The van der Waals surface area contributed by atoms with Crippen LogP contribution in [0.4, 0.5) is 10.2 Å². The lowest BCUT2D eigenvalue weighted by Crippen LogP contribution is -3.00. The standard InChI is InChI=1S/C26H27FN4.HI/c27-23-8-4-7-22(14-23)25-18-31-26(15-24(25)21-9-11-29-12-10-21)30-17-20(16-28)13-19-5-2-1-3-6-19;/h1-2,4,7-12,14-16,18-20,28H,3,5-6,13,17H2,(H,30,31);1H. The number of hydrogen-bond acceptors (Lipinski definition) is 3. The highest BCUT2D eigenvalue weighted by Crippen LogP contribution is 2.33. The van der Waals surface area contributed by atoms with E-state index in [1.54, 1.807) is 30.9 Å². The first kappa shape index (κ1) is 24.0. The molecule has 0 amide bonds. The summed E-state index contributed by atoms with van der Waals surface area (Å²) in [4.78, 5) is 8.73. The molecule has 0 saturated heterocycles. The second kappa shape index (κ2) is 11.9. The number of halogens is 2. The molecule has 2 atom stereocenters. The highest BCUT2D eigenvalue weighted by atomic mass is 127. The van der Waals surface area contributed by atoms with Crippen LogP contribution in [0.25, 0.3) is 22.3 Å². The van der Waals surface area contributed by atoms with E-state index in [-0.39, 0.29) is 35.7 Å². The summed E-state index contributed by atoms with van der Waals surface area (Å²) in [6, 6.07) is 12.5. The normalized spacial score (nSPS) is 16.1. The van der Waals surface area contributed by atoms with Gasteiger partial charge in [-0.15, -0.1) is 0 Å². The molecule has 4 nitrogen and oxygen atoms in total. The molecule has 3 N–H and O–H groups in total. The second-order valence-electron chi connectivity index (χ2n) is 8.08. The van der Waals surface area contributed by atoms with Gasteiger partial charge in [0.1, 0.15) is 17.8 Å². The van der Waals surface area contributed by atoms with Crippen molar-refractivity contribution in [3.63, 3.8) is 0 Å². The molecule has 2 unspecified atom stereocenters. The van der Waals surface area contributed by atoms with Gasteiger partial charge in [-0.2, -0.15) is 0 Å². The SMILES string of the molecule is [I-].[NH2+]=CC(CNc1cc(-c2ccncc2)c(-c2cccc(F)c2)cn1)CC1CC=CCC1. The summed E-state index contributed by atoms with van der Waals surface area (Å²) < 4.78 is 13.8. The summed E-state index contributed by atoms with van der Waals surface area (Å²) in [7, 11) is 0. The zero-order valence-electron chi connectivity index (χ0n) is 17.9. The van der Waals surface area contributed by atoms with Crippen LogP contribution >= 0.6 is 0 Å². The van der Waals surface area contributed by atoms with Gasteiger partial charge in [-0.1, -0.05) is 24.3 Å². The lowest BCUT2D eigenvalue weighted by atomic mass is 9.86. The average Bonchev–Trinajstić information content (AvgIpc) is 2.83. The average molecular weight is 542 g/mol. The molecule has 166 valence electrons. The molecule has 0 bridgehead atoms. The Balaban J connectivity index is 0.00000289. The Kier molecular flexibility index (Phi) is 8.90. The highest BCUT2D eigenvalue weighted by Gasteiger charge is 2.18. The minimum absolute atomic E-state index is 0. The van der Waals surface area contributed by atoms with Crippen molar-refractivity contribution < 1.29 is 33.8 Å². The fraction of sp³-hybridized carbons (Fsp3) is 0.269. The largest absolute Gasteiger partial charge is 1.00 e. The van der Waals surface area contributed by atoms with Crippen LogP contribution in [-0.2, 0) is 0 Å². The Labute approximate surface area is 205 Å². The minimum atomic E-state index is -0.265. The van der Waals surface area contributed by atoms with Crippen LogP contribution in [0.5, 0.6) is 0 Å². The van der Waals surface area contributed by atoms with Crippen molar-refractivity contribution in [2.75, 3.05) is 11.9 Å². The Morgan fingerprint density at radius 2 is 1.94 bits per heavy atom.